The highest BCUT2D eigenvalue weighted by atomic mass is 16.7. The summed E-state index contributed by atoms with van der Waals surface area (Å²) in [5, 5.41) is 0. The summed E-state index contributed by atoms with van der Waals surface area (Å²) < 4.78 is 10.3. The van der Waals surface area contributed by atoms with E-state index in [0.29, 0.717) is 17.1 Å². The average molecular weight is 286 g/mol. The number of aromatic nitrogens is 2. The fourth-order valence-electron chi connectivity index (χ4n) is 1.70. The average Bonchev–Trinajstić information content (AvgIpc) is 3.00. The minimum Gasteiger partial charge on any atom is -0.454 e. The van der Waals surface area contributed by atoms with E-state index in [2.05, 4.69) is 20.8 Å². The molecular weight excluding hydrogens is 276 g/mol. The Hall–Kier alpha value is -3.16. The van der Waals surface area contributed by atoms with Crippen LogP contribution in [0.15, 0.2) is 36.8 Å². The molecule has 1 aliphatic rings. The molecule has 2 heterocycles. The van der Waals surface area contributed by atoms with E-state index in [1.54, 1.807) is 12.1 Å². The molecule has 21 heavy (non-hydrogen) atoms. The molecule has 2 aromatic rings. The number of hydrazine groups is 1. The van der Waals surface area contributed by atoms with Gasteiger partial charge in [-0.1, -0.05) is 0 Å². The van der Waals surface area contributed by atoms with Gasteiger partial charge in [0.25, 0.3) is 11.8 Å². The van der Waals surface area contributed by atoms with Crippen LogP contribution in [0.2, 0.25) is 0 Å². The van der Waals surface area contributed by atoms with Gasteiger partial charge in [-0.2, -0.15) is 0 Å². The molecule has 0 unspecified atom stereocenters. The van der Waals surface area contributed by atoms with Crippen molar-refractivity contribution in [1.29, 1.82) is 0 Å². The van der Waals surface area contributed by atoms with Crippen molar-refractivity contribution in [3.63, 3.8) is 0 Å². The van der Waals surface area contributed by atoms with Crippen molar-refractivity contribution in [2.24, 2.45) is 0 Å². The summed E-state index contributed by atoms with van der Waals surface area (Å²) in [5.41, 5.74) is 4.97. The third kappa shape index (κ3) is 2.73. The van der Waals surface area contributed by atoms with Crippen molar-refractivity contribution < 1.29 is 19.1 Å². The van der Waals surface area contributed by atoms with E-state index < -0.39 is 11.8 Å². The molecule has 3 rings (SSSR count). The van der Waals surface area contributed by atoms with Crippen molar-refractivity contribution in [3.8, 4) is 11.5 Å². The molecule has 8 heteroatoms. The van der Waals surface area contributed by atoms with E-state index in [9.17, 15) is 9.59 Å². The van der Waals surface area contributed by atoms with E-state index in [0.717, 1.165) is 0 Å². The predicted octanol–water partition coefficient (Wildman–Crippen LogP) is 0.280. The topological polar surface area (TPSA) is 102 Å². The maximum Gasteiger partial charge on any atom is 0.289 e. The first-order chi connectivity index (χ1) is 10.2. The second kappa shape index (κ2) is 5.45. The largest absolute Gasteiger partial charge is 0.454 e. The fraction of sp³-hybridized carbons (Fsp3) is 0.0769. The van der Waals surface area contributed by atoms with Crippen LogP contribution in [-0.4, -0.2) is 28.6 Å². The summed E-state index contributed by atoms with van der Waals surface area (Å²) >= 11 is 0. The standard InChI is InChI=1S/C13H10N4O4/c18-12(8-1-2-10-11(5-8)21-7-20-10)16-17-13(19)9-6-14-3-4-15-9/h1-6H,7H2,(H,16,18)(H,17,19). The van der Waals surface area contributed by atoms with Crippen LogP contribution >= 0.6 is 0 Å². The van der Waals surface area contributed by atoms with E-state index >= 15 is 0 Å². The van der Waals surface area contributed by atoms with Gasteiger partial charge in [0.05, 0.1) is 6.20 Å². The number of amides is 2. The highest BCUT2D eigenvalue weighted by Gasteiger charge is 2.16. The Morgan fingerprint density at radius 1 is 1.05 bits per heavy atom. The number of nitrogens with zero attached hydrogens (tertiary/aromatic N) is 2. The van der Waals surface area contributed by atoms with Gasteiger partial charge in [0, 0.05) is 18.0 Å². The van der Waals surface area contributed by atoms with Gasteiger partial charge in [-0.25, -0.2) is 4.98 Å². The second-order valence-corrected chi connectivity index (χ2v) is 4.07. The van der Waals surface area contributed by atoms with Crippen LogP contribution in [0, 0.1) is 0 Å². The molecule has 0 saturated heterocycles. The number of carbonyl (C=O) groups is 2. The number of nitrogens with one attached hydrogen (secondary N) is 2. The van der Waals surface area contributed by atoms with E-state index in [-0.39, 0.29) is 12.5 Å². The Morgan fingerprint density at radius 3 is 2.67 bits per heavy atom. The summed E-state index contributed by atoms with van der Waals surface area (Å²) in [4.78, 5) is 31.2. The molecule has 1 aromatic carbocycles. The van der Waals surface area contributed by atoms with Gasteiger partial charge in [-0.05, 0) is 18.2 Å². The van der Waals surface area contributed by atoms with Crippen molar-refractivity contribution in [3.05, 3.63) is 48.0 Å². The van der Waals surface area contributed by atoms with Crippen molar-refractivity contribution in [1.82, 2.24) is 20.8 Å². The van der Waals surface area contributed by atoms with Gasteiger partial charge in [-0.3, -0.25) is 25.4 Å². The lowest BCUT2D eigenvalue weighted by atomic mass is 10.2. The second-order valence-electron chi connectivity index (χ2n) is 4.07. The van der Waals surface area contributed by atoms with Crippen LogP contribution in [0.3, 0.4) is 0 Å². The van der Waals surface area contributed by atoms with Crippen LogP contribution in [0.1, 0.15) is 20.8 Å². The SMILES string of the molecule is O=C(NNC(=O)c1cnccn1)c1ccc2c(c1)OCO2. The van der Waals surface area contributed by atoms with E-state index in [1.165, 1.54) is 24.7 Å². The van der Waals surface area contributed by atoms with Gasteiger partial charge in [-0.15, -0.1) is 0 Å². The zero-order chi connectivity index (χ0) is 14.7. The van der Waals surface area contributed by atoms with Crippen molar-refractivity contribution in [2.75, 3.05) is 6.79 Å². The van der Waals surface area contributed by atoms with Gasteiger partial charge in [0.2, 0.25) is 6.79 Å². The fourth-order valence-corrected chi connectivity index (χ4v) is 1.70. The summed E-state index contributed by atoms with van der Waals surface area (Å²) in [6, 6.07) is 4.73. The zero-order valence-corrected chi connectivity index (χ0v) is 10.7. The number of hydrogen-bond donors (Lipinski definition) is 2. The van der Waals surface area contributed by atoms with E-state index in [4.69, 9.17) is 9.47 Å². The molecule has 0 aliphatic carbocycles. The summed E-state index contributed by atoms with van der Waals surface area (Å²) in [5.74, 6) is 0.0285. The lowest BCUT2D eigenvalue weighted by Crippen LogP contribution is -2.41. The molecule has 0 spiro atoms. The molecule has 0 atom stereocenters. The molecule has 1 aromatic heterocycles. The van der Waals surface area contributed by atoms with Gasteiger partial charge >= 0.3 is 0 Å². The maximum atomic E-state index is 11.9. The first kappa shape index (κ1) is 12.9. The Labute approximate surface area is 119 Å². The van der Waals surface area contributed by atoms with Crippen molar-refractivity contribution >= 4 is 11.8 Å². The maximum absolute atomic E-state index is 11.9. The summed E-state index contributed by atoms with van der Waals surface area (Å²) in [6.07, 6.45) is 4.12. The minimum absolute atomic E-state index is 0.100. The molecule has 0 bridgehead atoms. The van der Waals surface area contributed by atoms with E-state index in [1.807, 2.05) is 0 Å². The number of carbonyl (C=O) groups excluding carboxylic acids is 2. The molecule has 0 saturated carbocycles. The molecular formula is C13H10N4O4. The molecule has 2 amide bonds. The van der Waals surface area contributed by atoms with Crippen LogP contribution in [-0.2, 0) is 0 Å². The number of ether oxygens (including phenoxy) is 2. The highest BCUT2D eigenvalue weighted by Crippen LogP contribution is 2.32. The molecule has 1 aliphatic heterocycles. The number of benzene rings is 1. The smallest absolute Gasteiger partial charge is 0.289 e. The van der Waals surface area contributed by atoms with Gasteiger partial charge < -0.3 is 9.47 Å². The Kier molecular flexibility index (Phi) is 3.34. The predicted molar refractivity (Wildman–Crippen MR) is 69.5 cm³/mol. The Balaban J connectivity index is 1.63. The Morgan fingerprint density at radius 2 is 1.86 bits per heavy atom. The monoisotopic (exact) mass is 286 g/mol. The Bertz CT molecular complexity index is 690. The first-order valence-electron chi connectivity index (χ1n) is 6.00. The number of fused-ring (bicyclic) bond motifs is 1. The molecule has 0 radical (unpaired) electrons. The molecule has 8 nitrogen and oxygen atoms in total. The number of rotatable bonds is 2. The van der Waals surface area contributed by atoms with Gasteiger partial charge in [0.15, 0.2) is 11.5 Å². The van der Waals surface area contributed by atoms with Crippen LogP contribution in [0.4, 0.5) is 0 Å². The first-order valence-corrected chi connectivity index (χ1v) is 6.00. The summed E-state index contributed by atoms with van der Waals surface area (Å²) in [6.45, 7) is 0.129. The lowest BCUT2D eigenvalue weighted by molar-refractivity contribution is 0.0843. The third-order valence-electron chi connectivity index (χ3n) is 2.72. The molecule has 0 fully saturated rings. The summed E-state index contributed by atoms with van der Waals surface area (Å²) in [7, 11) is 0. The van der Waals surface area contributed by atoms with Crippen molar-refractivity contribution in [2.45, 2.75) is 0 Å². The quantitative estimate of drug-likeness (QED) is 0.769. The third-order valence-corrected chi connectivity index (χ3v) is 2.72. The van der Waals surface area contributed by atoms with Crippen LogP contribution in [0.5, 0.6) is 11.5 Å². The van der Waals surface area contributed by atoms with Gasteiger partial charge in [0.1, 0.15) is 5.69 Å². The molecule has 2 N–H and O–H groups in total. The van der Waals surface area contributed by atoms with Crippen LogP contribution in [0.25, 0.3) is 0 Å². The van der Waals surface area contributed by atoms with Crippen LogP contribution < -0.4 is 20.3 Å². The number of hydrogen-bond acceptors (Lipinski definition) is 6. The zero-order valence-electron chi connectivity index (χ0n) is 10.7. The normalized spacial score (nSPS) is 11.8. The minimum atomic E-state index is -0.558. The lowest BCUT2D eigenvalue weighted by Gasteiger charge is -2.07. The molecule has 106 valence electrons. The highest BCUT2D eigenvalue weighted by molar-refractivity contribution is 5.98.